The van der Waals surface area contributed by atoms with Crippen LogP contribution in [0.1, 0.15) is 68.2 Å². The Morgan fingerprint density at radius 2 is 1.08 bits per heavy atom. The van der Waals surface area contributed by atoms with Crippen LogP contribution < -0.4 is 11.1 Å². The van der Waals surface area contributed by atoms with Crippen LogP contribution in [0.25, 0.3) is 0 Å². The summed E-state index contributed by atoms with van der Waals surface area (Å²) in [7, 11) is 0. The minimum absolute atomic E-state index is 0.0997. The second-order valence-electron chi connectivity index (χ2n) is 12.3. The molecule has 2 aromatic heterocycles. The topological polar surface area (TPSA) is 84.6 Å². The van der Waals surface area contributed by atoms with Crippen molar-refractivity contribution in [2.24, 2.45) is 11.8 Å². The van der Waals surface area contributed by atoms with Gasteiger partial charge >= 0.3 is 0 Å². The van der Waals surface area contributed by atoms with Gasteiger partial charge in [0.2, 0.25) is 0 Å². The summed E-state index contributed by atoms with van der Waals surface area (Å²) in [5, 5.41) is 0. The van der Waals surface area contributed by atoms with Gasteiger partial charge in [-0.3, -0.25) is 19.2 Å². The molecule has 4 aliphatic rings. The number of carbonyl (C=O) groups is 2. The largest absolute Gasteiger partial charge is 0.312 e. The summed E-state index contributed by atoms with van der Waals surface area (Å²) >= 11 is 0. The van der Waals surface area contributed by atoms with Crippen molar-refractivity contribution in [2.45, 2.75) is 69.9 Å². The molecule has 0 aliphatic carbocycles. The van der Waals surface area contributed by atoms with Gasteiger partial charge in [-0.15, -0.1) is 0 Å². The number of hydrogen-bond acceptors (Lipinski definition) is 6. The third-order valence-corrected chi connectivity index (χ3v) is 9.44. The number of piperidine rings is 2. The summed E-state index contributed by atoms with van der Waals surface area (Å²) in [6.07, 6.45) is 4.92. The van der Waals surface area contributed by atoms with Gasteiger partial charge in [-0.2, -0.15) is 0 Å². The molecule has 39 heavy (non-hydrogen) atoms. The summed E-state index contributed by atoms with van der Waals surface area (Å²) in [4.78, 5) is 54.4. The number of rotatable bonds is 10. The lowest BCUT2D eigenvalue weighted by Gasteiger charge is -2.42. The van der Waals surface area contributed by atoms with E-state index in [4.69, 9.17) is 0 Å². The summed E-state index contributed by atoms with van der Waals surface area (Å²) in [6, 6.07) is 11.2. The fraction of sp³-hybridized carbons (Fsp3) is 0.613. The molecular formula is C31H40N4O4. The predicted octanol–water partition coefficient (Wildman–Crippen LogP) is 2.64. The van der Waals surface area contributed by atoms with Gasteiger partial charge in [-0.05, 0) is 43.2 Å². The molecule has 0 spiro atoms. The summed E-state index contributed by atoms with van der Waals surface area (Å²) in [6.45, 7) is 6.81. The highest BCUT2D eigenvalue weighted by molar-refractivity contribution is 5.81. The van der Waals surface area contributed by atoms with E-state index in [0.717, 1.165) is 76.6 Å². The van der Waals surface area contributed by atoms with Crippen LogP contribution in [0, 0.1) is 11.8 Å². The van der Waals surface area contributed by atoms with E-state index in [1.54, 1.807) is 12.1 Å². The van der Waals surface area contributed by atoms with E-state index in [2.05, 4.69) is 21.9 Å². The van der Waals surface area contributed by atoms with Crippen molar-refractivity contribution in [2.75, 3.05) is 39.3 Å². The first-order valence-corrected chi connectivity index (χ1v) is 14.8. The summed E-state index contributed by atoms with van der Waals surface area (Å²) in [5.41, 5.74) is 2.48. The van der Waals surface area contributed by atoms with E-state index >= 15 is 0 Å². The van der Waals surface area contributed by atoms with E-state index < -0.39 is 0 Å². The van der Waals surface area contributed by atoms with Crippen LogP contribution in [0.3, 0.4) is 0 Å². The maximum Gasteiger partial charge on any atom is 0.250 e. The quantitative estimate of drug-likeness (QED) is 0.468. The van der Waals surface area contributed by atoms with Crippen LogP contribution in [0.5, 0.6) is 0 Å². The normalized spacial score (nSPS) is 26.1. The Kier molecular flexibility index (Phi) is 7.67. The van der Waals surface area contributed by atoms with E-state index in [1.807, 2.05) is 21.3 Å². The highest BCUT2D eigenvalue weighted by Gasteiger charge is 2.35. The molecule has 0 amide bonds. The minimum Gasteiger partial charge on any atom is -0.312 e. The van der Waals surface area contributed by atoms with E-state index in [9.17, 15) is 19.2 Å². The molecule has 0 radical (unpaired) electrons. The Labute approximate surface area is 229 Å². The lowest BCUT2D eigenvalue weighted by atomic mass is 9.83. The van der Waals surface area contributed by atoms with Crippen molar-refractivity contribution in [3.8, 4) is 0 Å². The van der Waals surface area contributed by atoms with Crippen molar-refractivity contribution < 1.29 is 9.59 Å². The van der Waals surface area contributed by atoms with Gasteiger partial charge in [-0.1, -0.05) is 12.1 Å². The zero-order chi connectivity index (χ0) is 26.9. The van der Waals surface area contributed by atoms with Gasteiger partial charge in [0.25, 0.3) is 11.1 Å². The molecule has 6 rings (SSSR count). The first-order chi connectivity index (χ1) is 18.9. The molecule has 6 heterocycles. The Hall–Kier alpha value is -2.84. The zero-order valence-electron chi connectivity index (χ0n) is 22.8. The average Bonchev–Trinajstić information content (AvgIpc) is 2.92. The summed E-state index contributed by atoms with van der Waals surface area (Å²) < 4.78 is 3.88. The Balaban J connectivity index is 0.892. The fourth-order valence-electron chi connectivity index (χ4n) is 7.65. The number of likely N-dealkylation sites (tertiary alicyclic amines) is 2. The monoisotopic (exact) mass is 532 g/mol. The highest BCUT2D eigenvalue weighted by Crippen LogP contribution is 2.36. The van der Waals surface area contributed by atoms with Crippen LogP contribution in [0.15, 0.2) is 46.0 Å². The second kappa shape index (κ2) is 11.3. The van der Waals surface area contributed by atoms with Gasteiger partial charge in [0, 0.05) is 113 Å². The lowest BCUT2D eigenvalue weighted by molar-refractivity contribution is -0.120. The smallest absolute Gasteiger partial charge is 0.250 e. The van der Waals surface area contributed by atoms with Crippen molar-refractivity contribution >= 4 is 11.6 Å². The lowest BCUT2D eigenvalue weighted by Crippen LogP contribution is -2.47. The maximum atomic E-state index is 12.6. The number of aromatic nitrogens is 2. The number of hydrogen-bond donors (Lipinski definition) is 0. The van der Waals surface area contributed by atoms with Crippen molar-refractivity contribution in [3.63, 3.8) is 0 Å². The van der Waals surface area contributed by atoms with E-state index in [1.165, 1.54) is 0 Å². The Morgan fingerprint density at radius 1 is 0.615 bits per heavy atom. The SMILES string of the molecule is O=C(CCCC(=O)CCN1C[C@@H]2C[C@@H](C1)c1cccc(=O)n1C2)CCN1C[C@@H]2C[C@@H](C1)c1cccc(=O)n1C2. The molecule has 8 nitrogen and oxygen atoms in total. The summed E-state index contributed by atoms with van der Waals surface area (Å²) in [5.74, 6) is 2.18. The van der Waals surface area contributed by atoms with Crippen LogP contribution >= 0.6 is 0 Å². The molecule has 2 saturated heterocycles. The molecule has 0 N–H and O–H groups in total. The molecule has 4 atom stereocenters. The molecule has 0 saturated carbocycles. The average molecular weight is 533 g/mol. The van der Waals surface area contributed by atoms with Crippen LogP contribution in [-0.4, -0.2) is 69.8 Å². The van der Waals surface area contributed by atoms with Gasteiger partial charge in [0.1, 0.15) is 11.6 Å². The number of pyridine rings is 2. The molecule has 0 unspecified atom stereocenters. The standard InChI is InChI=1S/C31H40N4O4/c36-26(10-12-32-16-22-14-24(20-32)28-6-2-8-30(38)34(28)18-22)4-1-5-27(37)11-13-33-17-23-15-25(21-33)29-7-3-9-31(39)35(29)19-23/h2-3,6-9,22-25H,1,4-5,10-21H2/t22-,23-,24-,25-/m0/s1. The Bertz CT molecular complexity index is 1250. The number of fused-ring (bicyclic) bond motifs is 8. The van der Waals surface area contributed by atoms with Gasteiger partial charge in [0.15, 0.2) is 0 Å². The molecule has 8 heteroatoms. The van der Waals surface area contributed by atoms with Crippen LogP contribution in [0.4, 0.5) is 0 Å². The van der Waals surface area contributed by atoms with Crippen molar-refractivity contribution in [1.82, 2.24) is 18.9 Å². The number of ketones is 2. The molecule has 2 aromatic rings. The maximum absolute atomic E-state index is 12.6. The highest BCUT2D eigenvalue weighted by atomic mass is 16.1. The molecule has 208 valence electrons. The third kappa shape index (κ3) is 5.87. The van der Waals surface area contributed by atoms with Crippen molar-refractivity contribution in [3.05, 3.63) is 68.5 Å². The van der Waals surface area contributed by atoms with Gasteiger partial charge in [0.05, 0.1) is 0 Å². The number of nitrogens with zero attached hydrogens (tertiary/aromatic N) is 4. The predicted molar refractivity (Wildman–Crippen MR) is 149 cm³/mol. The molecule has 4 aliphatic heterocycles. The van der Waals surface area contributed by atoms with E-state index in [-0.39, 0.29) is 22.7 Å². The van der Waals surface area contributed by atoms with Crippen molar-refractivity contribution in [1.29, 1.82) is 0 Å². The fourth-order valence-corrected chi connectivity index (χ4v) is 7.65. The third-order valence-electron chi connectivity index (χ3n) is 9.44. The number of Topliss-reactive ketones (excluding diaryl/α,β-unsaturated/α-hetero) is 2. The Morgan fingerprint density at radius 3 is 1.54 bits per heavy atom. The van der Waals surface area contributed by atoms with Crippen LogP contribution in [0.2, 0.25) is 0 Å². The first-order valence-electron chi connectivity index (χ1n) is 14.8. The molecule has 4 bridgehead atoms. The second-order valence-corrected chi connectivity index (χ2v) is 12.3. The van der Waals surface area contributed by atoms with Crippen LogP contribution in [-0.2, 0) is 22.7 Å². The zero-order valence-corrected chi connectivity index (χ0v) is 22.8. The molecular weight excluding hydrogens is 492 g/mol. The minimum atomic E-state index is 0.0997. The number of carbonyl (C=O) groups excluding carboxylic acids is 2. The first kappa shape index (κ1) is 26.4. The molecule has 0 aromatic carbocycles. The van der Waals surface area contributed by atoms with Gasteiger partial charge in [-0.25, -0.2) is 0 Å². The van der Waals surface area contributed by atoms with Gasteiger partial charge < -0.3 is 18.9 Å². The molecule has 2 fully saturated rings. The van der Waals surface area contributed by atoms with E-state index in [0.29, 0.717) is 55.8 Å².